The van der Waals surface area contributed by atoms with Crippen molar-refractivity contribution in [2.45, 2.75) is 13.8 Å². The molecule has 6 heteroatoms. The number of carboxylic acids is 1. The third-order valence-corrected chi connectivity index (χ3v) is 3.29. The van der Waals surface area contributed by atoms with Crippen molar-refractivity contribution in [3.05, 3.63) is 27.3 Å². The number of carbonyl (C=O) groups excluding carboxylic acids is 1. The number of carboxylic acid groups (broad SMARTS) is 1. The molecule has 1 atom stereocenters. The summed E-state index contributed by atoms with van der Waals surface area (Å²) in [6.45, 7) is 5.12. The third kappa shape index (κ3) is 4.79. The minimum absolute atomic E-state index is 0.107. The molecule has 5 nitrogen and oxygen atoms in total. The van der Waals surface area contributed by atoms with Gasteiger partial charge in [-0.25, -0.2) is 4.79 Å². The Morgan fingerprint density at radius 2 is 2.11 bits per heavy atom. The number of hydrogen-bond donors (Lipinski definition) is 3. The van der Waals surface area contributed by atoms with E-state index in [1.165, 1.54) is 6.07 Å². The first-order chi connectivity index (χ1) is 8.95. The zero-order valence-electron chi connectivity index (χ0n) is 10.9. The number of benzene rings is 1. The van der Waals surface area contributed by atoms with Crippen molar-refractivity contribution < 1.29 is 14.7 Å². The fourth-order valence-corrected chi connectivity index (χ4v) is 2.00. The molecule has 0 radical (unpaired) electrons. The van der Waals surface area contributed by atoms with Gasteiger partial charge in [0, 0.05) is 16.0 Å². The second-order valence-electron chi connectivity index (χ2n) is 4.19. The van der Waals surface area contributed by atoms with Crippen molar-refractivity contribution in [1.82, 2.24) is 5.32 Å². The highest BCUT2D eigenvalue weighted by Gasteiger charge is 2.16. The minimum Gasteiger partial charge on any atom is -0.478 e. The van der Waals surface area contributed by atoms with Crippen LogP contribution in [0, 0.1) is 9.49 Å². The van der Waals surface area contributed by atoms with Gasteiger partial charge in [-0.2, -0.15) is 0 Å². The van der Waals surface area contributed by atoms with E-state index in [-0.39, 0.29) is 17.4 Å². The molecule has 1 rings (SSSR count). The van der Waals surface area contributed by atoms with Gasteiger partial charge in [0.15, 0.2) is 0 Å². The highest BCUT2D eigenvalue weighted by molar-refractivity contribution is 14.1. The van der Waals surface area contributed by atoms with Crippen LogP contribution in [0.2, 0.25) is 0 Å². The van der Waals surface area contributed by atoms with Gasteiger partial charge in [0.1, 0.15) is 0 Å². The molecule has 1 unspecified atom stereocenters. The summed E-state index contributed by atoms with van der Waals surface area (Å²) in [4.78, 5) is 23.1. The van der Waals surface area contributed by atoms with Crippen molar-refractivity contribution in [2.75, 3.05) is 18.4 Å². The molecule has 1 amide bonds. The normalized spacial score (nSPS) is 11.9. The predicted molar refractivity (Wildman–Crippen MR) is 82.5 cm³/mol. The second kappa shape index (κ2) is 7.44. The molecule has 1 aromatic carbocycles. The summed E-state index contributed by atoms with van der Waals surface area (Å²) in [7, 11) is 0. The summed E-state index contributed by atoms with van der Waals surface area (Å²) in [5.41, 5.74) is 0.442. The number of carbonyl (C=O) groups is 2. The maximum atomic E-state index is 11.9. The van der Waals surface area contributed by atoms with E-state index >= 15 is 0 Å². The number of aromatic carboxylic acids is 1. The van der Waals surface area contributed by atoms with Crippen LogP contribution in [0.5, 0.6) is 0 Å². The molecular formula is C13H17IN2O3. The Morgan fingerprint density at radius 3 is 2.68 bits per heavy atom. The number of rotatable bonds is 6. The molecule has 1 aromatic rings. The maximum absolute atomic E-state index is 11.9. The topological polar surface area (TPSA) is 78.4 Å². The first-order valence-electron chi connectivity index (χ1n) is 6.00. The van der Waals surface area contributed by atoms with E-state index in [1.807, 2.05) is 29.5 Å². The molecule has 0 saturated heterocycles. The lowest BCUT2D eigenvalue weighted by Crippen LogP contribution is -2.30. The molecule has 0 fully saturated rings. The minimum atomic E-state index is -1.05. The molecule has 104 valence electrons. The van der Waals surface area contributed by atoms with Crippen molar-refractivity contribution in [1.29, 1.82) is 0 Å². The number of halogens is 1. The highest BCUT2D eigenvalue weighted by atomic mass is 127. The average Bonchev–Trinajstić information content (AvgIpc) is 2.37. The number of amides is 1. The van der Waals surface area contributed by atoms with Crippen LogP contribution in [0.3, 0.4) is 0 Å². The zero-order chi connectivity index (χ0) is 14.4. The van der Waals surface area contributed by atoms with E-state index in [4.69, 9.17) is 5.11 Å². The van der Waals surface area contributed by atoms with Crippen LogP contribution < -0.4 is 10.6 Å². The van der Waals surface area contributed by atoms with E-state index in [0.29, 0.717) is 12.2 Å². The quantitative estimate of drug-likeness (QED) is 0.665. The van der Waals surface area contributed by atoms with Crippen LogP contribution >= 0.6 is 22.6 Å². The number of nitrogens with one attached hydrogen (secondary N) is 2. The van der Waals surface area contributed by atoms with Gasteiger partial charge in [-0.15, -0.1) is 0 Å². The lowest BCUT2D eigenvalue weighted by Gasteiger charge is -2.14. The molecule has 0 spiro atoms. The lowest BCUT2D eigenvalue weighted by atomic mass is 10.1. The van der Waals surface area contributed by atoms with Gasteiger partial charge in [0.2, 0.25) is 5.91 Å². The summed E-state index contributed by atoms with van der Waals surface area (Å²) in [6.07, 6.45) is 0. The molecule has 0 bridgehead atoms. The molecule has 0 heterocycles. The standard InChI is InChI=1S/C13H17IN2O3/c1-3-15-7-8(2)12(17)16-11-5-4-9(14)6-10(11)13(18)19/h4-6,8,15H,3,7H2,1-2H3,(H,16,17)(H,18,19). The Hall–Kier alpha value is -1.15. The Labute approximate surface area is 125 Å². The van der Waals surface area contributed by atoms with Crippen LogP contribution in [0.25, 0.3) is 0 Å². The van der Waals surface area contributed by atoms with E-state index in [9.17, 15) is 9.59 Å². The zero-order valence-corrected chi connectivity index (χ0v) is 13.0. The van der Waals surface area contributed by atoms with E-state index in [2.05, 4.69) is 10.6 Å². The van der Waals surface area contributed by atoms with Gasteiger partial charge in [-0.1, -0.05) is 13.8 Å². The molecule has 0 aliphatic carbocycles. The summed E-state index contributed by atoms with van der Waals surface area (Å²) in [6, 6.07) is 4.91. The van der Waals surface area contributed by atoms with Gasteiger partial charge in [0.25, 0.3) is 0 Å². The summed E-state index contributed by atoms with van der Waals surface area (Å²) >= 11 is 2.03. The van der Waals surface area contributed by atoms with Crippen LogP contribution in [0.4, 0.5) is 5.69 Å². The smallest absolute Gasteiger partial charge is 0.337 e. The maximum Gasteiger partial charge on any atom is 0.337 e. The summed E-state index contributed by atoms with van der Waals surface area (Å²) < 4.78 is 0.814. The van der Waals surface area contributed by atoms with Gasteiger partial charge in [-0.05, 0) is 47.3 Å². The monoisotopic (exact) mass is 376 g/mol. The van der Waals surface area contributed by atoms with Crippen molar-refractivity contribution in [2.24, 2.45) is 5.92 Å². The molecular weight excluding hydrogens is 359 g/mol. The average molecular weight is 376 g/mol. The van der Waals surface area contributed by atoms with E-state index in [1.54, 1.807) is 19.1 Å². The second-order valence-corrected chi connectivity index (χ2v) is 5.44. The predicted octanol–water partition coefficient (Wildman–Crippen LogP) is 2.17. The Morgan fingerprint density at radius 1 is 1.42 bits per heavy atom. The molecule has 19 heavy (non-hydrogen) atoms. The first kappa shape index (κ1) is 15.9. The molecule has 0 aliphatic rings. The van der Waals surface area contributed by atoms with E-state index in [0.717, 1.165) is 10.1 Å². The highest BCUT2D eigenvalue weighted by Crippen LogP contribution is 2.19. The first-order valence-corrected chi connectivity index (χ1v) is 7.08. The van der Waals surface area contributed by atoms with Crippen molar-refractivity contribution in [3.8, 4) is 0 Å². The Bertz CT molecular complexity index is 477. The largest absolute Gasteiger partial charge is 0.478 e. The van der Waals surface area contributed by atoms with Gasteiger partial charge >= 0.3 is 5.97 Å². The SMILES string of the molecule is CCNCC(C)C(=O)Nc1ccc(I)cc1C(=O)O. The fraction of sp³-hybridized carbons (Fsp3) is 0.385. The molecule has 0 aromatic heterocycles. The van der Waals surface area contributed by atoms with Crippen LogP contribution in [0.15, 0.2) is 18.2 Å². The molecule has 0 saturated carbocycles. The van der Waals surface area contributed by atoms with Gasteiger partial charge in [-0.3, -0.25) is 4.79 Å². The molecule has 0 aliphatic heterocycles. The third-order valence-electron chi connectivity index (χ3n) is 2.62. The van der Waals surface area contributed by atoms with E-state index < -0.39 is 5.97 Å². The van der Waals surface area contributed by atoms with Gasteiger partial charge in [0.05, 0.1) is 11.3 Å². The van der Waals surface area contributed by atoms with Crippen LogP contribution in [-0.2, 0) is 4.79 Å². The number of anilines is 1. The Balaban J connectivity index is 2.81. The Kier molecular flexibility index (Phi) is 6.23. The van der Waals surface area contributed by atoms with Crippen molar-refractivity contribution >= 4 is 40.2 Å². The lowest BCUT2D eigenvalue weighted by molar-refractivity contribution is -0.119. The molecule has 3 N–H and O–H groups in total. The van der Waals surface area contributed by atoms with Crippen molar-refractivity contribution in [3.63, 3.8) is 0 Å². The van der Waals surface area contributed by atoms with Crippen LogP contribution in [-0.4, -0.2) is 30.1 Å². The van der Waals surface area contributed by atoms with Crippen LogP contribution in [0.1, 0.15) is 24.2 Å². The summed E-state index contributed by atoms with van der Waals surface area (Å²) in [5, 5.41) is 14.9. The summed E-state index contributed by atoms with van der Waals surface area (Å²) in [5.74, 6) is -1.46. The fourth-order valence-electron chi connectivity index (χ4n) is 1.51. The number of hydrogen-bond acceptors (Lipinski definition) is 3. The van der Waals surface area contributed by atoms with Gasteiger partial charge < -0.3 is 15.7 Å².